The number of hydrogen-bond donors (Lipinski definition) is 1. The SMILES string of the molecule is CN=C(NCC(=O)N1CCc2ccccc2C1)N1CCSC(C(C)C)C1.I. The van der Waals surface area contributed by atoms with Gasteiger partial charge in [0.1, 0.15) is 0 Å². The summed E-state index contributed by atoms with van der Waals surface area (Å²) in [6, 6.07) is 8.41. The van der Waals surface area contributed by atoms with E-state index in [-0.39, 0.29) is 29.9 Å². The number of nitrogens with zero attached hydrogens (tertiary/aromatic N) is 3. The van der Waals surface area contributed by atoms with Crippen LogP contribution in [-0.2, 0) is 17.8 Å². The van der Waals surface area contributed by atoms with Gasteiger partial charge in [-0.05, 0) is 23.5 Å². The van der Waals surface area contributed by atoms with E-state index in [1.54, 1.807) is 7.05 Å². The summed E-state index contributed by atoms with van der Waals surface area (Å²) in [5, 5.41) is 3.92. The smallest absolute Gasteiger partial charge is 0.242 e. The molecule has 3 rings (SSSR count). The van der Waals surface area contributed by atoms with Crippen molar-refractivity contribution < 1.29 is 4.79 Å². The number of carbonyl (C=O) groups excluding carboxylic acids is 1. The van der Waals surface area contributed by atoms with Crippen LogP contribution in [0.1, 0.15) is 25.0 Å². The lowest BCUT2D eigenvalue weighted by atomic mass is 10.00. The molecule has 2 aliphatic rings. The standard InChI is InChI=1S/C20H30N4OS.HI/c1-15(2)18-14-24(10-11-26-18)20(21-3)22-12-19(25)23-9-8-16-6-4-5-7-17(16)13-23;/h4-7,15,18H,8-14H2,1-3H3,(H,21,22);1H. The molecule has 1 aromatic carbocycles. The van der Waals surface area contributed by atoms with Crippen molar-refractivity contribution >= 4 is 47.6 Å². The number of thioether (sulfide) groups is 1. The molecule has 2 heterocycles. The van der Waals surface area contributed by atoms with Crippen molar-refractivity contribution in [2.45, 2.75) is 32.1 Å². The second kappa shape index (κ2) is 10.5. The Balaban J connectivity index is 0.00000261. The molecular weight excluding hydrogens is 471 g/mol. The third-order valence-electron chi connectivity index (χ3n) is 5.23. The quantitative estimate of drug-likeness (QED) is 0.393. The first-order valence-electron chi connectivity index (χ1n) is 9.50. The molecule has 2 aliphatic heterocycles. The molecule has 1 saturated heterocycles. The average molecular weight is 502 g/mol. The Morgan fingerprint density at radius 1 is 1.26 bits per heavy atom. The second-order valence-corrected chi connectivity index (χ2v) is 8.68. The minimum atomic E-state index is 0. The Morgan fingerprint density at radius 3 is 2.70 bits per heavy atom. The van der Waals surface area contributed by atoms with E-state index in [1.807, 2.05) is 22.7 Å². The van der Waals surface area contributed by atoms with Crippen molar-refractivity contribution in [2.75, 3.05) is 39.0 Å². The summed E-state index contributed by atoms with van der Waals surface area (Å²) in [5.74, 6) is 2.76. The van der Waals surface area contributed by atoms with Crippen LogP contribution in [0.25, 0.3) is 0 Å². The number of nitrogens with one attached hydrogen (secondary N) is 1. The minimum absolute atomic E-state index is 0. The van der Waals surface area contributed by atoms with Crippen molar-refractivity contribution in [1.82, 2.24) is 15.1 Å². The highest BCUT2D eigenvalue weighted by Gasteiger charge is 2.26. The van der Waals surface area contributed by atoms with E-state index in [1.165, 1.54) is 11.1 Å². The first kappa shape index (κ1) is 22.3. The topological polar surface area (TPSA) is 47.9 Å². The van der Waals surface area contributed by atoms with E-state index in [4.69, 9.17) is 0 Å². The van der Waals surface area contributed by atoms with Crippen LogP contribution in [0, 0.1) is 5.92 Å². The number of amides is 1. The second-order valence-electron chi connectivity index (χ2n) is 7.33. The van der Waals surface area contributed by atoms with Gasteiger partial charge >= 0.3 is 0 Å². The van der Waals surface area contributed by atoms with E-state index >= 15 is 0 Å². The Labute approximate surface area is 184 Å². The van der Waals surface area contributed by atoms with Gasteiger partial charge in [0.05, 0.1) is 6.54 Å². The van der Waals surface area contributed by atoms with Crippen molar-refractivity contribution in [1.29, 1.82) is 0 Å². The monoisotopic (exact) mass is 502 g/mol. The molecule has 5 nitrogen and oxygen atoms in total. The molecule has 0 aromatic heterocycles. The molecule has 7 heteroatoms. The molecule has 1 fully saturated rings. The highest BCUT2D eigenvalue weighted by Crippen LogP contribution is 2.25. The summed E-state index contributed by atoms with van der Waals surface area (Å²) in [7, 11) is 1.80. The number of rotatable bonds is 3. The van der Waals surface area contributed by atoms with Crippen LogP contribution < -0.4 is 5.32 Å². The Morgan fingerprint density at radius 2 is 2.00 bits per heavy atom. The van der Waals surface area contributed by atoms with Gasteiger partial charge in [-0.2, -0.15) is 11.8 Å². The van der Waals surface area contributed by atoms with Crippen molar-refractivity contribution in [2.24, 2.45) is 10.9 Å². The Kier molecular flexibility index (Phi) is 8.72. The lowest BCUT2D eigenvalue weighted by molar-refractivity contribution is -0.130. The first-order valence-corrected chi connectivity index (χ1v) is 10.5. The minimum Gasteiger partial charge on any atom is -0.347 e. The number of guanidine groups is 1. The molecule has 0 spiro atoms. The molecule has 0 bridgehead atoms. The van der Waals surface area contributed by atoms with E-state index in [0.717, 1.165) is 37.8 Å². The summed E-state index contributed by atoms with van der Waals surface area (Å²) in [6.07, 6.45) is 0.941. The summed E-state index contributed by atoms with van der Waals surface area (Å²) in [6.45, 7) is 8.35. The van der Waals surface area contributed by atoms with Crippen LogP contribution >= 0.6 is 35.7 Å². The molecule has 1 amide bonds. The molecule has 0 radical (unpaired) electrons. The van der Waals surface area contributed by atoms with Crippen LogP contribution in [0.3, 0.4) is 0 Å². The van der Waals surface area contributed by atoms with Crippen molar-refractivity contribution in [3.63, 3.8) is 0 Å². The van der Waals surface area contributed by atoms with Crippen LogP contribution in [0.5, 0.6) is 0 Å². The zero-order valence-corrected chi connectivity index (χ0v) is 19.6. The molecule has 0 aliphatic carbocycles. The fourth-order valence-corrected chi connectivity index (χ4v) is 4.88. The van der Waals surface area contributed by atoms with Gasteiger partial charge in [-0.25, -0.2) is 0 Å². The number of fused-ring (bicyclic) bond motifs is 1. The van der Waals surface area contributed by atoms with Gasteiger partial charge in [0.2, 0.25) is 5.91 Å². The van der Waals surface area contributed by atoms with Gasteiger partial charge in [-0.1, -0.05) is 38.1 Å². The number of benzene rings is 1. The number of halogens is 1. The molecule has 1 aromatic rings. The van der Waals surface area contributed by atoms with Crippen molar-refractivity contribution in [3.8, 4) is 0 Å². The van der Waals surface area contributed by atoms with Gasteiger partial charge in [-0.3, -0.25) is 9.79 Å². The largest absolute Gasteiger partial charge is 0.347 e. The third-order valence-corrected chi connectivity index (χ3v) is 6.77. The summed E-state index contributed by atoms with van der Waals surface area (Å²) < 4.78 is 0. The maximum Gasteiger partial charge on any atom is 0.242 e. The van der Waals surface area contributed by atoms with Gasteiger partial charge < -0.3 is 15.1 Å². The van der Waals surface area contributed by atoms with Crippen LogP contribution in [0.15, 0.2) is 29.3 Å². The van der Waals surface area contributed by atoms with E-state index < -0.39 is 0 Å². The Hall–Kier alpha value is -0.960. The number of hydrogen-bond acceptors (Lipinski definition) is 3. The Bertz CT molecular complexity index is 667. The van der Waals surface area contributed by atoms with Gasteiger partial charge in [0, 0.05) is 44.2 Å². The zero-order valence-electron chi connectivity index (χ0n) is 16.5. The fraction of sp³-hybridized carbons (Fsp3) is 0.600. The normalized spacial score (nSPS) is 20.1. The summed E-state index contributed by atoms with van der Waals surface area (Å²) >= 11 is 2.04. The zero-order chi connectivity index (χ0) is 18.5. The lowest BCUT2D eigenvalue weighted by Crippen LogP contribution is -2.51. The molecule has 1 N–H and O–H groups in total. The highest BCUT2D eigenvalue weighted by atomic mass is 127. The number of aliphatic imine (C=N–C) groups is 1. The summed E-state index contributed by atoms with van der Waals surface area (Å²) in [4.78, 5) is 21.3. The molecular formula is C20H31IN4OS. The van der Waals surface area contributed by atoms with E-state index in [9.17, 15) is 4.79 Å². The highest BCUT2D eigenvalue weighted by molar-refractivity contribution is 14.0. The van der Waals surface area contributed by atoms with Gasteiger partial charge in [-0.15, -0.1) is 24.0 Å². The molecule has 0 saturated carbocycles. The number of carbonyl (C=O) groups is 1. The predicted octanol–water partition coefficient (Wildman–Crippen LogP) is 2.84. The van der Waals surface area contributed by atoms with Crippen LogP contribution in [0.4, 0.5) is 0 Å². The summed E-state index contributed by atoms with van der Waals surface area (Å²) in [5.41, 5.74) is 2.63. The van der Waals surface area contributed by atoms with E-state index in [0.29, 0.717) is 24.3 Å². The molecule has 150 valence electrons. The van der Waals surface area contributed by atoms with Gasteiger partial charge in [0.25, 0.3) is 0 Å². The maximum atomic E-state index is 12.7. The molecule has 1 atom stereocenters. The van der Waals surface area contributed by atoms with Gasteiger partial charge in [0.15, 0.2) is 5.96 Å². The molecule has 27 heavy (non-hydrogen) atoms. The van der Waals surface area contributed by atoms with Crippen LogP contribution in [0.2, 0.25) is 0 Å². The molecule has 1 unspecified atom stereocenters. The van der Waals surface area contributed by atoms with Crippen molar-refractivity contribution in [3.05, 3.63) is 35.4 Å². The lowest BCUT2D eigenvalue weighted by Gasteiger charge is -2.36. The van der Waals surface area contributed by atoms with E-state index in [2.05, 4.69) is 47.3 Å². The maximum absolute atomic E-state index is 12.7. The fourth-order valence-electron chi connectivity index (χ4n) is 3.58. The third kappa shape index (κ3) is 5.76. The van der Waals surface area contributed by atoms with Crippen LogP contribution in [-0.4, -0.2) is 65.9 Å². The predicted molar refractivity (Wildman–Crippen MR) is 125 cm³/mol. The first-order chi connectivity index (χ1) is 12.6. The average Bonchev–Trinajstić information content (AvgIpc) is 2.68.